The van der Waals surface area contributed by atoms with E-state index in [1.54, 1.807) is 18.5 Å². The second-order valence-electron chi connectivity index (χ2n) is 3.09. The Balaban J connectivity index is 2.17. The Kier molecular flexibility index (Phi) is 3.16. The first-order valence-electron chi connectivity index (χ1n) is 4.61. The second-order valence-corrected chi connectivity index (χ2v) is 3.36. The number of hydrogen-bond donors (Lipinski definition) is 2. The number of carbonyl (C=O) groups excluding carboxylic acids is 1. The molecule has 82 valence electrons. The minimum atomic E-state index is -0.286. The Morgan fingerprint density at radius 3 is 3.12 bits per heavy atom. The number of halogens is 1. The first-order valence-corrected chi connectivity index (χ1v) is 5.14. The van der Waals surface area contributed by atoms with Gasteiger partial charge in [-0.3, -0.25) is 14.9 Å². The number of aromatic amines is 1. The van der Waals surface area contributed by atoms with Crippen LogP contribution in [0.5, 0.6) is 0 Å². The highest BCUT2D eigenvalue weighted by atomic mass is 35.5. The van der Waals surface area contributed by atoms with Crippen molar-refractivity contribution in [2.24, 2.45) is 0 Å². The normalized spacial score (nSPS) is 10.1. The first kappa shape index (κ1) is 10.6. The lowest BCUT2D eigenvalue weighted by atomic mass is 10.2. The summed E-state index contributed by atoms with van der Waals surface area (Å²) in [5.74, 6) is 0.0742. The van der Waals surface area contributed by atoms with Gasteiger partial charge in [0.15, 0.2) is 5.82 Å². The fraction of sp³-hybridized carbons (Fsp3) is 0.100. The van der Waals surface area contributed by atoms with E-state index < -0.39 is 0 Å². The minimum Gasteiger partial charge on any atom is -0.308 e. The summed E-state index contributed by atoms with van der Waals surface area (Å²) in [5.41, 5.74) is 1.69. The highest BCUT2D eigenvalue weighted by Gasteiger charge is 2.05. The number of alkyl halides is 1. The zero-order chi connectivity index (χ0) is 11.4. The number of amides is 1. The molecule has 2 heterocycles. The Morgan fingerprint density at radius 1 is 1.56 bits per heavy atom. The summed E-state index contributed by atoms with van der Waals surface area (Å²) >= 11 is 5.37. The molecule has 5 nitrogen and oxygen atoms in total. The second kappa shape index (κ2) is 4.76. The van der Waals surface area contributed by atoms with Crippen LogP contribution >= 0.6 is 11.6 Å². The number of hydrogen-bond acceptors (Lipinski definition) is 3. The Hall–Kier alpha value is -1.88. The van der Waals surface area contributed by atoms with Gasteiger partial charge in [0.2, 0.25) is 5.91 Å². The number of rotatable bonds is 3. The van der Waals surface area contributed by atoms with E-state index in [1.807, 2.05) is 12.1 Å². The van der Waals surface area contributed by atoms with Gasteiger partial charge in [0.05, 0.1) is 5.69 Å². The lowest BCUT2D eigenvalue weighted by Crippen LogP contribution is -2.12. The number of nitrogens with zero attached hydrogens (tertiary/aromatic N) is 2. The molecule has 0 saturated heterocycles. The molecule has 2 N–H and O–H groups in total. The van der Waals surface area contributed by atoms with E-state index in [1.165, 1.54) is 0 Å². The van der Waals surface area contributed by atoms with Crippen LogP contribution in [0.2, 0.25) is 0 Å². The Labute approximate surface area is 96.8 Å². The van der Waals surface area contributed by atoms with Gasteiger partial charge < -0.3 is 5.32 Å². The SMILES string of the molecule is O=C(CCl)Nc1cc(-c2cccnc2)[nH]n1. The van der Waals surface area contributed by atoms with Gasteiger partial charge in [0.25, 0.3) is 0 Å². The molecule has 2 aromatic heterocycles. The lowest BCUT2D eigenvalue weighted by molar-refractivity contribution is -0.113. The van der Waals surface area contributed by atoms with Gasteiger partial charge in [-0.1, -0.05) is 0 Å². The van der Waals surface area contributed by atoms with Crippen LogP contribution in [0.1, 0.15) is 0 Å². The topological polar surface area (TPSA) is 70.7 Å². The van der Waals surface area contributed by atoms with Gasteiger partial charge in [-0.05, 0) is 12.1 Å². The molecule has 0 aliphatic carbocycles. The molecule has 0 aliphatic rings. The number of anilines is 1. The third-order valence-electron chi connectivity index (χ3n) is 1.94. The van der Waals surface area contributed by atoms with Gasteiger partial charge in [0.1, 0.15) is 5.88 Å². The molecular formula is C10H9ClN4O. The molecule has 0 unspecified atom stereocenters. The van der Waals surface area contributed by atoms with Gasteiger partial charge in [0, 0.05) is 24.0 Å². The summed E-state index contributed by atoms with van der Waals surface area (Å²) in [6.45, 7) is 0. The van der Waals surface area contributed by atoms with Crippen molar-refractivity contribution in [1.29, 1.82) is 0 Å². The molecule has 0 atom stereocenters. The van der Waals surface area contributed by atoms with Crippen molar-refractivity contribution in [3.05, 3.63) is 30.6 Å². The predicted molar refractivity (Wildman–Crippen MR) is 61.2 cm³/mol. The van der Waals surface area contributed by atoms with E-state index >= 15 is 0 Å². The van der Waals surface area contributed by atoms with Crippen LogP contribution in [0.3, 0.4) is 0 Å². The molecule has 0 radical (unpaired) electrons. The Morgan fingerprint density at radius 2 is 2.44 bits per heavy atom. The quantitative estimate of drug-likeness (QED) is 0.796. The molecule has 6 heteroatoms. The van der Waals surface area contributed by atoms with E-state index in [0.29, 0.717) is 5.82 Å². The highest BCUT2D eigenvalue weighted by molar-refractivity contribution is 6.29. The van der Waals surface area contributed by atoms with Gasteiger partial charge in [-0.15, -0.1) is 11.6 Å². The van der Waals surface area contributed by atoms with Crippen LogP contribution < -0.4 is 5.32 Å². The van der Waals surface area contributed by atoms with Crippen molar-refractivity contribution in [3.8, 4) is 11.3 Å². The fourth-order valence-electron chi connectivity index (χ4n) is 1.23. The number of carbonyl (C=O) groups is 1. The van der Waals surface area contributed by atoms with E-state index in [9.17, 15) is 4.79 Å². The molecule has 1 amide bonds. The number of H-pyrrole nitrogens is 1. The molecule has 0 saturated carbocycles. The molecule has 2 aromatic rings. The molecular weight excluding hydrogens is 228 g/mol. The minimum absolute atomic E-state index is 0.0882. The van der Waals surface area contributed by atoms with Crippen molar-refractivity contribution in [3.63, 3.8) is 0 Å². The van der Waals surface area contributed by atoms with E-state index in [2.05, 4.69) is 20.5 Å². The standard InChI is InChI=1S/C10H9ClN4O/c11-5-10(16)13-9-4-8(14-15-9)7-2-1-3-12-6-7/h1-4,6H,5H2,(H2,13,14,15,16). The Bertz CT molecular complexity index is 483. The summed E-state index contributed by atoms with van der Waals surface area (Å²) in [4.78, 5) is 15.0. The zero-order valence-corrected chi connectivity index (χ0v) is 9.03. The predicted octanol–water partition coefficient (Wildman–Crippen LogP) is 1.65. The van der Waals surface area contributed by atoms with Crippen LogP contribution in [0.4, 0.5) is 5.82 Å². The summed E-state index contributed by atoms with van der Waals surface area (Å²) in [6, 6.07) is 5.45. The molecule has 0 fully saturated rings. The summed E-state index contributed by atoms with van der Waals surface area (Å²) in [5, 5.41) is 9.29. The van der Waals surface area contributed by atoms with Crippen LogP contribution in [0.25, 0.3) is 11.3 Å². The van der Waals surface area contributed by atoms with Crippen LogP contribution in [0, 0.1) is 0 Å². The molecule has 16 heavy (non-hydrogen) atoms. The number of nitrogens with one attached hydrogen (secondary N) is 2. The van der Waals surface area contributed by atoms with Gasteiger partial charge in [-0.25, -0.2) is 0 Å². The van der Waals surface area contributed by atoms with E-state index in [0.717, 1.165) is 11.3 Å². The number of pyridine rings is 1. The smallest absolute Gasteiger partial charge is 0.240 e. The molecule has 0 aromatic carbocycles. The van der Waals surface area contributed by atoms with Crippen molar-refractivity contribution < 1.29 is 4.79 Å². The maximum atomic E-state index is 11.0. The van der Waals surface area contributed by atoms with Gasteiger partial charge in [-0.2, -0.15) is 5.10 Å². The first-order chi connectivity index (χ1) is 7.79. The van der Waals surface area contributed by atoms with Crippen LogP contribution in [-0.2, 0) is 4.79 Å². The third-order valence-corrected chi connectivity index (χ3v) is 2.18. The molecule has 0 aliphatic heterocycles. The molecule has 2 rings (SSSR count). The van der Waals surface area contributed by atoms with Crippen molar-refractivity contribution in [2.45, 2.75) is 0 Å². The van der Waals surface area contributed by atoms with E-state index in [-0.39, 0.29) is 11.8 Å². The maximum absolute atomic E-state index is 11.0. The summed E-state index contributed by atoms with van der Waals surface area (Å²) < 4.78 is 0. The molecule has 0 bridgehead atoms. The monoisotopic (exact) mass is 236 g/mol. The average molecular weight is 237 g/mol. The maximum Gasteiger partial charge on any atom is 0.240 e. The van der Waals surface area contributed by atoms with E-state index in [4.69, 9.17) is 11.6 Å². The van der Waals surface area contributed by atoms with Crippen molar-refractivity contribution in [1.82, 2.24) is 15.2 Å². The van der Waals surface area contributed by atoms with Crippen molar-refractivity contribution >= 4 is 23.3 Å². The summed E-state index contributed by atoms with van der Waals surface area (Å²) in [6.07, 6.45) is 3.40. The highest BCUT2D eigenvalue weighted by Crippen LogP contribution is 2.17. The largest absolute Gasteiger partial charge is 0.308 e. The third kappa shape index (κ3) is 2.38. The van der Waals surface area contributed by atoms with Gasteiger partial charge >= 0.3 is 0 Å². The van der Waals surface area contributed by atoms with Crippen LogP contribution in [0.15, 0.2) is 30.6 Å². The van der Waals surface area contributed by atoms with Crippen LogP contribution in [-0.4, -0.2) is 27.0 Å². The number of aromatic nitrogens is 3. The average Bonchev–Trinajstić information content (AvgIpc) is 2.78. The zero-order valence-electron chi connectivity index (χ0n) is 8.27. The van der Waals surface area contributed by atoms with Crippen molar-refractivity contribution in [2.75, 3.05) is 11.2 Å². The summed E-state index contributed by atoms with van der Waals surface area (Å²) in [7, 11) is 0. The lowest BCUT2D eigenvalue weighted by Gasteiger charge is -1.95. The fourth-order valence-corrected chi connectivity index (χ4v) is 1.30. The molecule has 0 spiro atoms.